The second kappa shape index (κ2) is 8.44. The number of rotatable bonds is 5. The molecule has 4 aromatic carbocycles. The molecule has 0 aliphatic carbocycles. The highest BCUT2D eigenvalue weighted by Crippen LogP contribution is 2.42. The minimum atomic E-state index is -0.337. The molecule has 0 saturated carbocycles. The Morgan fingerprint density at radius 2 is 1.39 bits per heavy atom. The summed E-state index contributed by atoms with van der Waals surface area (Å²) in [7, 11) is 0. The van der Waals surface area contributed by atoms with Crippen molar-refractivity contribution in [3.63, 3.8) is 0 Å². The Bertz CT molecular complexity index is 1150. The van der Waals surface area contributed by atoms with Gasteiger partial charge in [0.05, 0.1) is 11.4 Å². The number of para-hydroxylation sites is 6. The number of hydrogen-bond donors (Lipinski definition) is 1. The molecule has 0 aromatic heterocycles. The van der Waals surface area contributed by atoms with Gasteiger partial charge in [0.2, 0.25) is 6.23 Å². The maximum atomic E-state index is 6.63. The lowest BCUT2D eigenvalue weighted by Crippen LogP contribution is -2.49. The Balaban J connectivity index is 1.52. The van der Waals surface area contributed by atoms with E-state index in [9.17, 15) is 0 Å². The average Bonchev–Trinajstić information content (AvgIpc) is 2.82. The van der Waals surface area contributed by atoms with Gasteiger partial charge in [-0.15, -0.1) is 0 Å². The van der Waals surface area contributed by atoms with Crippen molar-refractivity contribution in [2.24, 2.45) is 0 Å². The summed E-state index contributed by atoms with van der Waals surface area (Å²) in [6, 6.07) is 36.5. The van der Waals surface area contributed by atoms with Gasteiger partial charge in [-0.2, -0.15) is 0 Å². The molecule has 4 aromatic rings. The van der Waals surface area contributed by atoms with E-state index in [-0.39, 0.29) is 12.3 Å². The lowest BCUT2D eigenvalue weighted by molar-refractivity contribution is 0.0585. The van der Waals surface area contributed by atoms with E-state index >= 15 is 0 Å². The first-order chi connectivity index (χ1) is 15.3. The van der Waals surface area contributed by atoms with E-state index in [1.807, 2.05) is 97.9 Å². The van der Waals surface area contributed by atoms with E-state index in [1.165, 1.54) is 0 Å². The van der Waals surface area contributed by atoms with Crippen LogP contribution in [-0.2, 0) is 0 Å². The van der Waals surface area contributed by atoms with E-state index < -0.39 is 0 Å². The third-order valence-corrected chi connectivity index (χ3v) is 5.32. The summed E-state index contributed by atoms with van der Waals surface area (Å²) in [5, 5.41) is 3.47. The monoisotopic (exact) mass is 408 g/mol. The zero-order valence-corrected chi connectivity index (χ0v) is 17.3. The standard InChI is InChI=1S/C27H24N2O2/c1-20-27(31-25-18-10-8-16-23(25)28-21-12-4-2-5-13-21)29(22-14-6-3-7-15-22)24-17-9-11-19-26(24)30-20/h2-20,27-28H,1H3. The van der Waals surface area contributed by atoms with Crippen LogP contribution in [-0.4, -0.2) is 12.3 Å². The van der Waals surface area contributed by atoms with E-state index in [4.69, 9.17) is 9.47 Å². The molecule has 5 rings (SSSR count). The highest BCUT2D eigenvalue weighted by molar-refractivity contribution is 5.72. The van der Waals surface area contributed by atoms with Crippen LogP contribution in [0.15, 0.2) is 109 Å². The average molecular weight is 409 g/mol. The van der Waals surface area contributed by atoms with Crippen LogP contribution in [0.1, 0.15) is 6.92 Å². The predicted octanol–water partition coefficient (Wildman–Crippen LogP) is 6.75. The van der Waals surface area contributed by atoms with Gasteiger partial charge in [-0.1, -0.05) is 60.7 Å². The number of nitrogens with one attached hydrogen (secondary N) is 1. The molecule has 0 fully saturated rings. The first-order valence-corrected chi connectivity index (χ1v) is 10.5. The fourth-order valence-corrected chi connectivity index (χ4v) is 3.86. The lowest BCUT2D eigenvalue weighted by atomic mass is 10.1. The number of anilines is 4. The van der Waals surface area contributed by atoms with Crippen LogP contribution in [0.5, 0.6) is 11.5 Å². The van der Waals surface area contributed by atoms with Gasteiger partial charge in [0.25, 0.3) is 0 Å². The Hall–Kier alpha value is -3.92. The van der Waals surface area contributed by atoms with Crippen LogP contribution in [0.3, 0.4) is 0 Å². The topological polar surface area (TPSA) is 33.7 Å². The van der Waals surface area contributed by atoms with Crippen LogP contribution in [0.2, 0.25) is 0 Å². The summed E-state index contributed by atoms with van der Waals surface area (Å²) < 4.78 is 12.9. The molecule has 1 N–H and O–H groups in total. The molecule has 0 radical (unpaired) electrons. The van der Waals surface area contributed by atoms with Gasteiger partial charge in [-0.3, -0.25) is 4.90 Å². The zero-order valence-electron chi connectivity index (χ0n) is 17.3. The Morgan fingerprint density at radius 3 is 2.19 bits per heavy atom. The zero-order chi connectivity index (χ0) is 21.0. The third-order valence-electron chi connectivity index (χ3n) is 5.32. The van der Waals surface area contributed by atoms with Gasteiger partial charge in [-0.05, 0) is 55.5 Å². The van der Waals surface area contributed by atoms with Gasteiger partial charge in [0.1, 0.15) is 11.5 Å². The molecule has 154 valence electrons. The van der Waals surface area contributed by atoms with Crippen LogP contribution in [0, 0.1) is 0 Å². The van der Waals surface area contributed by atoms with Crippen molar-refractivity contribution in [1.29, 1.82) is 0 Å². The van der Waals surface area contributed by atoms with E-state index in [1.54, 1.807) is 0 Å². The second-order valence-corrected chi connectivity index (χ2v) is 7.49. The molecule has 1 aliphatic heterocycles. The molecule has 0 spiro atoms. The highest BCUT2D eigenvalue weighted by Gasteiger charge is 2.36. The van der Waals surface area contributed by atoms with E-state index in [0.29, 0.717) is 0 Å². The predicted molar refractivity (Wildman–Crippen MR) is 126 cm³/mol. The van der Waals surface area contributed by atoms with E-state index in [0.717, 1.165) is 34.2 Å². The minimum absolute atomic E-state index is 0.181. The molecule has 1 aliphatic rings. The fourth-order valence-electron chi connectivity index (χ4n) is 3.86. The quantitative estimate of drug-likeness (QED) is 0.396. The molecule has 2 atom stereocenters. The lowest BCUT2D eigenvalue weighted by Gasteiger charge is -2.42. The normalized spacial score (nSPS) is 17.4. The third kappa shape index (κ3) is 3.92. The van der Waals surface area contributed by atoms with Crippen molar-refractivity contribution in [3.05, 3.63) is 109 Å². The van der Waals surface area contributed by atoms with Gasteiger partial charge in [0.15, 0.2) is 6.10 Å². The molecular formula is C27H24N2O2. The number of ether oxygens (including phenoxy) is 2. The summed E-state index contributed by atoms with van der Waals surface area (Å²) in [5.41, 5.74) is 3.97. The van der Waals surface area contributed by atoms with Crippen molar-refractivity contribution in [2.75, 3.05) is 10.2 Å². The molecule has 31 heavy (non-hydrogen) atoms. The summed E-state index contributed by atoms with van der Waals surface area (Å²) in [4.78, 5) is 2.21. The van der Waals surface area contributed by atoms with Gasteiger partial charge in [0, 0.05) is 11.4 Å². The van der Waals surface area contributed by atoms with Crippen LogP contribution in [0.25, 0.3) is 0 Å². The minimum Gasteiger partial charge on any atom is -0.483 e. The van der Waals surface area contributed by atoms with Crippen LogP contribution in [0.4, 0.5) is 22.7 Å². The second-order valence-electron chi connectivity index (χ2n) is 7.49. The maximum absolute atomic E-state index is 6.63. The van der Waals surface area contributed by atoms with Crippen molar-refractivity contribution in [3.8, 4) is 11.5 Å². The fraction of sp³-hybridized carbons (Fsp3) is 0.111. The van der Waals surface area contributed by atoms with Crippen molar-refractivity contribution in [2.45, 2.75) is 19.3 Å². The van der Waals surface area contributed by atoms with Crippen molar-refractivity contribution >= 4 is 22.7 Å². The molecular weight excluding hydrogens is 384 g/mol. The van der Waals surface area contributed by atoms with Crippen molar-refractivity contribution in [1.82, 2.24) is 0 Å². The number of fused-ring (bicyclic) bond motifs is 1. The molecule has 0 amide bonds. The summed E-state index contributed by atoms with van der Waals surface area (Å²) >= 11 is 0. The molecule has 1 heterocycles. The molecule has 4 nitrogen and oxygen atoms in total. The van der Waals surface area contributed by atoms with E-state index in [2.05, 4.69) is 28.4 Å². The Morgan fingerprint density at radius 1 is 0.742 bits per heavy atom. The van der Waals surface area contributed by atoms with Gasteiger partial charge in [-0.25, -0.2) is 0 Å². The summed E-state index contributed by atoms with van der Waals surface area (Å²) in [5.74, 6) is 1.63. The SMILES string of the molecule is CC1Oc2ccccc2N(c2ccccc2)C1Oc1ccccc1Nc1ccccc1. The molecule has 0 bridgehead atoms. The Kier molecular flexibility index (Phi) is 5.19. The first-order valence-electron chi connectivity index (χ1n) is 10.5. The summed E-state index contributed by atoms with van der Waals surface area (Å²) in [6.45, 7) is 2.05. The number of benzene rings is 4. The van der Waals surface area contributed by atoms with Crippen LogP contribution < -0.4 is 19.7 Å². The smallest absolute Gasteiger partial charge is 0.213 e. The maximum Gasteiger partial charge on any atom is 0.213 e. The Labute approximate surface area is 182 Å². The molecule has 0 saturated heterocycles. The largest absolute Gasteiger partial charge is 0.483 e. The summed E-state index contributed by atoms with van der Waals surface area (Å²) in [6.07, 6.45) is -0.518. The number of nitrogens with zero attached hydrogens (tertiary/aromatic N) is 1. The van der Waals surface area contributed by atoms with Crippen LogP contribution >= 0.6 is 0 Å². The first kappa shape index (κ1) is 19.1. The van der Waals surface area contributed by atoms with Crippen molar-refractivity contribution < 1.29 is 9.47 Å². The van der Waals surface area contributed by atoms with Gasteiger partial charge < -0.3 is 14.8 Å². The molecule has 4 heteroatoms. The molecule has 2 unspecified atom stereocenters. The highest BCUT2D eigenvalue weighted by atomic mass is 16.6. The van der Waals surface area contributed by atoms with Gasteiger partial charge >= 0.3 is 0 Å². The number of hydrogen-bond acceptors (Lipinski definition) is 4.